The third-order valence-electron chi connectivity index (χ3n) is 10.00. The number of amides is 1. The molecular formula is C32H34FN3O. The molecule has 2 heterocycles. The Morgan fingerprint density at radius 1 is 1.03 bits per heavy atom. The molecule has 190 valence electrons. The normalized spacial score (nSPS) is 28.1. The van der Waals surface area contributed by atoms with Gasteiger partial charge in [-0.3, -0.25) is 4.79 Å². The first-order valence-electron chi connectivity index (χ1n) is 14.0. The van der Waals surface area contributed by atoms with Crippen LogP contribution in [0.2, 0.25) is 0 Å². The number of carbonyl (C=O) groups excluding carboxylic acids is 1. The summed E-state index contributed by atoms with van der Waals surface area (Å²) in [7, 11) is 0. The molecule has 2 saturated carbocycles. The first-order valence-corrected chi connectivity index (χ1v) is 14.0. The van der Waals surface area contributed by atoms with Crippen LogP contribution in [0.3, 0.4) is 0 Å². The first-order chi connectivity index (χ1) is 18.1. The molecule has 3 fully saturated rings. The number of allylic oxidation sites excluding steroid dienone is 1. The second-order valence-electron chi connectivity index (χ2n) is 11.6. The number of nitrogens with zero attached hydrogens (tertiary/aromatic N) is 3. The number of aryl methyl sites for hydroxylation is 1. The fourth-order valence-corrected chi connectivity index (χ4v) is 7.93. The highest BCUT2D eigenvalue weighted by Gasteiger charge is 2.69. The average molecular weight is 496 g/mol. The van der Waals surface area contributed by atoms with E-state index in [2.05, 4.69) is 46.4 Å². The Morgan fingerprint density at radius 2 is 1.86 bits per heavy atom. The SMILES string of the molecule is O=C(N1CCCCC1CCc1ccccc1)C12CCC3=Cc4c(cnn4-c4ccc(F)cc4)C[C@@]31CC2. The summed E-state index contributed by atoms with van der Waals surface area (Å²) in [5.41, 5.74) is 5.68. The van der Waals surface area contributed by atoms with Crippen molar-refractivity contribution in [3.05, 3.63) is 89.0 Å². The molecule has 3 aliphatic carbocycles. The van der Waals surface area contributed by atoms with Crippen LogP contribution < -0.4 is 0 Å². The Morgan fingerprint density at radius 3 is 2.65 bits per heavy atom. The van der Waals surface area contributed by atoms with E-state index in [9.17, 15) is 9.18 Å². The Balaban J connectivity index is 1.16. The quantitative estimate of drug-likeness (QED) is 0.404. The Labute approximate surface area is 218 Å². The minimum atomic E-state index is -0.253. The molecule has 4 aliphatic rings. The van der Waals surface area contributed by atoms with E-state index >= 15 is 0 Å². The van der Waals surface area contributed by atoms with Gasteiger partial charge in [-0.05, 0) is 106 Å². The number of aromatic nitrogens is 2. The molecule has 5 heteroatoms. The van der Waals surface area contributed by atoms with E-state index in [-0.39, 0.29) is 16.6 Å². The van der Waals surface area contributed by atoms with Crippen molar-refractivity contribution in [1.29, 1.82) is 0 Å². The van der Waals surface area contributed by atoms with Crippen LogP contribution in [-0.2, 0) is 17.6 Å². The summed E-state index contributed by atoms with van der Waals surface area (Å²) in [5, 5.41) is 4.68. The molecule has 1 amide bonds. The molecule has 37 heavy (non-hydrogen) atoms. The molecule has 3 aromatic rings. The van der Waals surface area contributed by atoms with Gasteiger partial charge in [-0.25, -0.2) is 9.07 Å². The van der Waals surface area contributed by atoms with Crippen molar-refractivity contribution in [2.45, 2.75) is 70.3 Å². The predicted octanol–water partition coefficient (Wildman–Crippen LogP) is 6.53. The van der Waals surface area contributed by atoms with Gasteiger partial charge in [0.05, 0.1) is 23.0 Å². The summed E-state index contributed by atoms with van der Waals surface area (Å²) in [5.74, 6) is 0.185. The van der Waals surface area contributed by atoms with Gasteiger partial charge < -0.3 is 4.90 Å². The number of rotatable bonds is 5. The number of likely N-dealkylation sites (tertiary alicyclic amines) is 1. The lowest BCUT2D eigenvalue weighted by atomic mass is 9.46. The molecule has 0 radical (unpaired) electrons. The van der Waals surface area contributed by atoms with Crippen molar-refractivity contribution in [2.75, 3.05) is 6.54 Å². The summed E-state index contributed by atoms with van der Waals surface area (Å²) in [6.45, 7) is 0.906. The number of fused-ring (bicyclic) bond motifs is 1. The van der Waals surface area contributed by atoms with Crippen LogP contribution in [0.1, 0.15) is 68.2 Å². The van der Waals surface area contributed by atoms with Crippen LogP contribution in [0.4, 0.5) is 4.39 Å². The molecule has 1 saturated heterocycles. The van der Waals surface area contributed by atoms with Crippen molar-refractivity contribution >= 4 is 12.0 Å². The summed E-state index contributed by atoms with van der Waals surface area (Å²) in [6.07, 6.45) is 14.8. The second-order valence-corrected chi connectivity index (χ2v) is 11.6. The molecule has 1 aromatic heterocycles. The number of carbonyl (C=O) groups is 1. The van der Waals surface area contributed by atoms with E-state index in [1.807, 2.05) is 10.9 Å². The highest BCUT2D eigenvalue weighted by atomic mass is 19.1. The summed E-state index contributed by atoms with van der Waals surface area (Å²) >= 11 is 0. The number of benzene rings is 2. The molecule has 2 unspecified atom stereocenters. The van der Waals surface area contributed by atoms with Gasteiger partial charge in [0, 0.05) is 18.0 Å². The van der Waals surface area contributed by atoms with Crippen LogP contribution in [-0.4, -0.2) is 33.2 Å². The Bertz CT molecular complexity index is 1360. The van der Waals surface area contributed by atoms with Gasteiger partial charge in [-0.1, -0.05) is 35.9 Å². The molecule has 1 aliphatic heterocycles. The predicted molar refractivity (Wildman–Crippen MR) is 143 cm³/mol. The molecule has 1 spiro atoms. The minimum Gasteiger partial charge on any atom is -0.339 e. The van der Waals surface area contributed by atoms with Crippen molar-refractivity contribution in [1.82, 2.24) is 14.7 Å². The number of halogens is 1. The van der Waals surface area contributed by atoms with E-state index in [0.717, 1.165) is 75.7 Å². The third-order valence-corrected chi connectivity index (χ3v) is 10.00. The lowest BCUT2D eigenvalue weighted by molar-refractivity contribution is -0.164. The van der Waals surface area contributed by atoms with Gasteiger partial charge in [0.15, 0.2) is 0 Å². The van der Waals surface area contributed by atoms with Gasteiger partial charge in [0.25, 0.3) is 0 Å². The highest BCUT2D eigenvalue weighted by molar-refractivity contribution is 5.88. The van der Waals surface area contributed by atoms with Gasteiger partial charge in [0.1, 0.15) is 5.82 Å². The molecule has 0 bridgehead atoms. The number of piperidine rings is 1. The van der Waals surface area contributed by atoms with E-state index < -0.39 is 0 Å². The van der Waals surface area contributed by atoms with Crippen molar-refractivity contribution in [3.8, 4) is 5.69 Å². The van der Waals surface area contributed by atoms with E-state index in [1.54, 1.807) is 12.1 Å². The molecular weight excluding hydrogens is 461 g/mol. The van der Waals surface area contributed by atoms with Crippen LogP contribution in [0.5, 0.6) is 0 Å². The van der Waals surface area contributed by atoms with Gasteiger partial charge in [-0.15, -0.1) is 0 Å². The average Bonchev–Trinajstić information content (AvgIpc) is 3.43. The van der Waals surface area contributed by atoms with Gasteiger partial charge in [-0.2, -0.15) is 5.10 Å². The van der Waals surface area contributed by atoms with Crippen LogP contribution in [0.25, 0.3) is 11.8 Å². The maximum Gasteiger partial charge on any atom is 0.229 e. The number of hydrogen-bond donors (Lipinski definition) is 0. The molecule has 4 nitrogen and oxygen atoms in total. The molecule has 0 N–H and O–H groups in total. The van der Waals surface area contributed by atoms with Crippen LogP contribution in [0.15, 0.2) is 66.4 Å². The summed E-state index contributed by atoms with van der Waals surface area (Å²) < 4.78 is 15.4. The zero-order valence-electron chi connectivity index (χ0n) is 21.3. The van der Waals surface area contributed by atoms with E-state index in [0.29, 0.717) is 11.9 Å². The molecule has 2 aromatic carbocycles. The van der Waals surface area contributed by atoms with Crippen molar-refractivity contribution in [2.24, 2.45) is 10.8 Å². The zero-order valence-corrected chi connectivity index (χ0v) is 21.3. The smallest absolute Gasteiger partial charge is 0.229 e. The van der Waals surface area contributed by atoms with Crippen LogP contribution >= 0.6 is 0 Å². The topological polar surface area (TPSA) is 38.1 Å². The Hall–Kier alpha value is -3.21. The third kappa shape index (κ3) is 3.46. The number of hydrogen-bond acceptors (Lipinski definition) is 2. The lowest BCUT2D eigenvalue weighted by Gasteiger charge is -2.58. The van der Waals surface area contributed by atoms with Gasteiger partial charge >= 0.3 is 0 Å². The first kappa shape index (κ1) is 22.9. The largest absolute Gasteiger partial charge is 0.339 e. The van der Waals surface area contributed by atoms with E-state index in [4.69, 9.17) is 0 Å². The summed E-state index contributed by atoms with van der Waals surface area (Å²) in [6, 6.07) is 17.6. The van der Waals surface area contributed by atoms with Crippen LogP contribution in [0, 0.1) is 16.6 Å². The van der Waals surface area contributed by atoms with Crippen molar-refractivity contribution in [3.63, 3.8) is 0 Å². The lowest BCUT2D eigenvalue weighted by Crippen LogP contribution is -2.61. The fraction of sp³-hybridized carbons (Fsp3) is 0.438. The Kier molecular flexibility index (Phi) is 5.38. The monoisotopic (exact) mass is 495 g/mol. The zero-order chi connectivity index (χ0) is 25.0. The maximum absolute atomic E-state index is 14.5. The summed E-state index contributed by atoms with van der Waals surface area (Å²) in [4.78, 5) is 16.8. The second kappa shape index (κ2) is 8.68. The standard InChI is InChI=1S/C32H34FN3O/c33-26-10-13-28(14-11-26)36-29-20-25-15-16-31(17-18-32(25,31)21-24(29)22-34-36)30(37)35-19-5-4-8-27(35)12-9-23-6-2-1-3-7-23/h1-3,6-7,10-11,13-14,20,22,27H,4-5,8-9,12,15-19,21H2/t27?,31?,32-/m0/s1. The molecule has 3 atom stereocenters. The fourth-order valence-electron chi connectivity index (χ4n) is 7.93. The van der Waals surface area contributed by atoms with Crippen molar-refractivity contribution < 1.29 is 9.18 Å². The highest BCUT2D eigenvalue weighted by Crippen LogP contribution is 2.72. The minimum absolute atomic E-state index is 0.0465. The van der Waals surface area contributed by atoms with Gasteiger partial charge in [0.2, 0.25) is 5.91 Å². The molecule has 7 rings (SSSR count). The maximum atomic E-state index is 14.5. The van der Waals surface area contributed by atoms with E-state index in [1.165, 1.54) is 35.3 Å².